The minimum absolute atomic E-state index is 0.0149. The first-order valence-electron chi connectivity index (χ1n) is 10.3. The van der Waals surface area contributed by atoms with E-state index < -0.39 is 17.5 Å². The van der Waals surface area contributed by atoms with Crippen LogP contribution in [0.15, 0.2) is 48.5 Å². The van der Waals surface area contributed by atoms with Crippen LogP contribution in [-0.4, -0.2) is 49.4 Å². The van der Waals surface area contributed by atoms with Crippen LogP contribution in [0.4, 0.5) is 4.79 Å². The Morgan fingerprint density at radius 3 is 2.17 bits per heavy atom. The number of alkyl carbamates (subject to hydrolysis) is 1. The van der Waals surface area contributed by atoms with Gasteiger partial charge in [-0.3, -0.25) is 4.79 Å². The van der Waals surface area contributed by atoms with Crippen molar-refractivity contribution < 1.29 is 19.1 Å². The lowest BCUT2D eigenvalue weighted by molar-refractivity contribution is -0.128. The number of fused-ring (bicyclic) bond motifs is 5. The van der Waals surface area contributed by atoms with Crippen molar-refractivity contribution in [3.8, 4) is 11.1 Å². The maximum atomic E-state index is 12.7. The van der Waals surface area contributed by atoms with E-state index in [1.165, 1.54) is 11.1 Å². The molecule has 2 fully saturated rings. The highest BCUT2D eigenvalue weighted by Gasteiger charge is 2.48. The zero-order valence-corrected chi connectivity index (χ0v) is 16.6. The average Bonchev–Trinajstić information content (AvgIpc) is 3.06. The van der Waals surface area contributed by atoms with Crippen LogP contribution in [0, 0.1) is 0 Å². The van der Waals surface area contributed by atoms with E-state index in [1.807, 2.05) is 24.3 Å². The van der Waals surface area contributed by atoms with Gasteiger partial charge in [-0.05, 0) is 35.1 Å². The molecular formula is C23H25N3O4. The first kappa shape index (κ1) is 19.1. The van der Waals surface area contributed by atoms with Gasteiger partial charge in [0, 0.05) is 18.0 Å². The van der Waals surface area contributed by atoms with Crippen molar-refractivity contribution in [1.82, 2.24) is 10.6 Å². The third-order valence-corrected chi connectivity index (χ3v) is 6.46. The number of carbonyl (C=O) groups excluding carboxylic acids is 2. The Bertz CT molecular complexity index is 934. The fraction of sp³-hybridized carbons (Fsp3) is 0.391. The third-order valence-electron chi connectivity index (χ3n) is 6.46. The van der Waals surface area contributed by atoms with Crippen molar-refractivity contribution in [2.45, 2.75) is 36.4 Å². The van der Waals surface area contributed by atoms with Crippen molar-refractivity contribution in [2.75, 3.05) is 19.8 Å². The number of piperidine rings is 1. The highest BCUT2D eigenvalue weighted by Crippen LogP contribution is 2.44. The summed E-state index contributed by atoms with van der Waals surface area (Å²) in [6, 6.07) is 16.3. The summed E-state index contributed by atoms with van der Waals surface area (Å²) in [5.74, 6) is -0.567. The van der Waals surface area contributed by atoms with Gasteiger partial charge in [0.2, 0.25) is 5.91 Å². The molecule has 3 aliphatic rings. The van der Waals surface area contributed by atoms with Gasteiger partial charge in [0.15, 0.2) is 0 Å². The normalized spacial score (nSPS) is 27.1. The molecule has 156 valence electrons. The van der Waals surface area contributed by atoms with Crippen molar-refractivity contribution in [3.63, 3.8) is 0 Å². The quantitative estimate of drug-likeness (QED) is 0.718. The number of ether oxygens (including phenoxy) is 2. The van der Waals surface area contributed by atoms with E-state index in [9.17, 15) is 9.59 Å². The number of morpholine rings is 1. The second-order valence-corrected chi connectivity index (χ2v) is 8.40. The van der Waals surface area contributed by atoms with Gasteiger partial charge in [0.1, 0.15) is 12.1 Å². The van der Waals surface area contributed by atoms with Gasteiger partial charge >= 0.3 is 6.09 Å². The Morgan fingerprint density at radius 1 is 1.03 bits per heavy atom. The predicted octanol–water partition coefficient (Wildman–Crippen LogP) is 1.90. The van der Waals surface area contributed by atoms with Gasteiger partial charge in [0.05, 0.1) is 13.2 Å². The van der Waals surface area contributed by atoms with Crippen LogP contribution in [0.25, 0.3) is 11.1 Å². The van der Waals surface area contributed by atoms with Crippen molar-refractivity contribution in [1.29, 1.82) is 0 Å². The van der Waals surface area contributed by atoms with E-state index >= 15 is 0 Å². The van der Waals surface area contributed by atoms with Gasteiger partial charge in [-0.1, -0.05) is 48.5 Å². The zero-order chi connectivity index (χ0) is 20.7. The fourth-order valence-electron chi connectivity index (χ4n) is 5.14. The van der Waals surface area contributed by atoms with E-state index in [4.69, 9.17) is 15.2 Å². The lowest BCUT2D eigenvalue weighted by Crippen LogP contribution is -2.69. The summed E-state index contributed by atoms with van der Waals surface area (Å²) in [6.45, 7) is 1.19. The summed E-state index contributed by atoms with van der Waals surface area (Å²) in [6.07, 6.45) is 0.169. The molecule has 4 N–H and O–H groups in total. The van der Waals surface area contributed by atoms with Crippen LogP contribution >= 0.6 is 0 Å². The average molecular weight is 407 g/mol. The standard InChI is InChI=1S/C23H25N3O4/c24-21(27)23(9-14-11-29-12-15(10-23)25-14)26-22(28)30-13-20-18-7-3-1-5-16(18)17-6-2-4-8-19(17)20/h1-8,14-15,20,25H,9-13H2,(H2,24,27)(H,26,28). The van der Waals surface area contributed by atoms with Gasteiger partial charge in [-0.2, -0.15) is 0 Å². The highest BCUT2D eigenvalue weighted by atomic mass is 16.5. The summed E-state index contributed by atoms with van der Waals surface area (Å²) >= 11 is 0. The van der Waals surface area contributed by atoms with Gasteiger partial charge < -0.3 is 25.8 Å². The topological polar surface area (TPSA) is 103 Å². The lowest BCUT2D eigenvalue weighted by atomic mass is 9.79. The molecule has 2 heterocycles. The van der Waals surface area contributed by atoms with Gasteiger partial charge in [0.25, 0.3) is 0 Å². The summed E-state index contributed by atoms with van der Waals surface area (Å²) in [5, 5.41) is 6.21. The van der Waals surface area contributed by atoms with E-state index in [2.05, 4.69) is 34.9 Å². The van der Waals surface area contributed by atoms with E-state index in [1.54, 1.807) is 0 Å². The lowest BCUT2D eigenvalue weighted by Gasteiger charge is -2.45. The van der Waals surface area contributed by atoms with E-state index in [-0.39, 0.29) is 24.6 Å². The van der Waals surface area contributed by atoms with E-state index in [0.717, 1.165) is 11.1 Å². The molecule has 1 aliphatic carbocycles. The molecule has 7 nitrogen and oxygen atoms in total. The maximum Gasteiger partial charge on any atom is 0.408 e. The Morgan fingerprint density at radius 2 is 1.60 bits per heavy atom. The number of hydrogen-bond acceptors (Lipinski definition) is 5. The number of nitrogens with one attached hydrogen (secondary N) is 2. The van der Waals surface area contributed by atoms with E-state index in [0.29, 0.717) is 26.1 Å². The molecule has 30 heavy (non-hydrogen) atoms. The van der Waals surface area contributed by atoms with Crippen LogP contribution in [0.5, 0.6) is 0 Å². The van der Waals surface area contributed by atoms with Crippen LogP contribution in [0.2, 0.25) is 0 Å². The Kier molecular flexibility index (Phi) is 4.72. The van der Waals surface area contributed by atoms with Crippen molar-refractivity contribution in [3.05, 3.63) is 59.7 Å². The Balaban J connectivity index is 1.31. The van der Waals surface area contributed by atoms with Crippen molar-refractivity contribution >= 4 is 12.0 Å². The molecular weight excluding hydrogens is 382 g/mol. The highest BCUT2D eigenvalue weighted by molar-refractivity contribution is 5.89. The molecule has 2 amide bonds. The number of hydrogen-bond donors (Lipinski definition) is 3. The number of amides is 2. The third kappa shape index (κ3) is 3.24. The molecule has 0 spiro atoms. The number of benzene rings is 2. The van der Waals surface area contributed by atoms with Crippen LogP contribution in [-0.2, 0) is 14.3 Å². The molecule has 7 heteroatoms. The number of nitrogens with two attached hydrogens (primary N) is 1. The monoisotopic (exact) mass is 407 g/mol. The molecule has 2 aromatic carbocycles. The fourth-order valence-corrected chi connectivity index (χ4v) is 5.14. The van der Waals surface area contributed by atoms with Crippen molar-refractivity contribution in [2.24, 2.45) is 5.73 Å². The number of rotatable bonds is 4. The molecule has 2 saturated heterocycles. The molecule has 2 aliphatic heterocycles. The summed E-state index contributed by atoms with van der Waals surface area (Å²) in [4.78, 5) is 25.0. The number of carbonyl (C=O) groups is 2. The molecule has 0 radical (unpaired) electrons. The molecule has 0 saturated carbocycles. The van der Waals surface area contributed by atoms with Gasteiger partial charge in [-0.15, -0.1) is 0 Å². The minimum atomic E-state index is -1.12. The minimum Gasteiger partial charge on any atom is -0.449 e. The Hall–Kier alpha value is -2.90. The maximum absolute atomic E-state index is 12.7. The Labute approximate surface area is 174 Å². The molecule has 2 aromatic rings. The molecule has 5 rings (SSSR count). The summed E-state index contributed by atoms with van der Waals surface area (Å²) < 4.78 is 11.2. The van der Waals surface area contributed by atoms with Crippen LogP contribution < -0.4 is 16.4 Å². The molecule has 2 unspecified atom stereocenters. The molecule has 2 bridgehead atoms. The number of primary amides is 1. The zero-order valence-electron chi connectivity index (χ0n) is 16.6. The molecule has 0 aromatic heterocycles. The second kappa shape index (κ2) is 7.41. The first-order chi connectivity index (χ1) is 14.6. The van der Waals surface area contributed by atoms with Crippen LogP contribution in [0.3, 0.4) is 0 Å². The second-order valence-electron chi connectivity index (χ2n) is 8.40. The van der Waals surface area contributed by atoms with Crippen LogP contribution in [0.1, 0.15) is 29.9 Å². The summed E-state index contributed by atoms with van der Waals surface area (Å²) in [7, 11) is 0. The summed E-state index contributed by atoms with van der Waals surface area (Å²) in [5.41, 5.74) is 9.23. The largest absolute Gasteiger partial charge is 0.449 e. The SMILES string of the molecule is NC(=O)C1(NC(=O)OCC2c3ccccc3-c3ccccc32)CC2COCC(C1)N2. The first-order valence-corrected chi connectivity index (χ1v) is 10.3. The predicted molar refractivity (Wildman–Crippen MR) is 111 cm³/mol. The smallest absolute Gasteiger partial charge is 0.408 e. The van der Waals surface area contributed by atoms with Gasteiger partial charge in [-0.25, -0.2) is 4.79 Å². The molecule has 2 atom stereocenters.